The molecule has 0 amide bonds. The summed E-state index contributed by atoms with van der Waals surface area (Å²) in [6, 6.07) is 8.79. The third-order valence-electron chi connectivity index (χ3n) is 8.26. The SMILES string of the molecule is c1cc2c(cc1NCCN1CCCC1)CCCC2N1CCN(C2CCCCC2)CC1. The largest absolute Gasteiger partial charge is 0.384 e. The van der Waals surface area contributed by atoms with Gasteiger partial charge in [0.1, 0.15) is 0 Å². The van der Waals surface area contributed by atoms with Crippen LogP contribution in [-0.2, 0) is 6.42 Å². The molecule has 0 aromatic heterocycles. The molecule has 1 unspecified atom stereocenters. The van der Waals surface area contributed by atoms with Gasteiger partial charge >= 0.3 is 0 Å². The highest BCUT2D eigenvalue weighted by molar-refractivity contribution is 5.50. The van der Waals surface area contributed by atoms with E-state index >= 15 is 0 Å². The molecule has 0 spiro atoms. The maximum absolute atomic E-state index is 3.70. The van der Waals surface area contributed by atoms with Crippen molar-refractivity contribution in [2.24, 2.45) is 0 Å². The molecule has 1 aromatic rings. The fourth-order valence-electron chi connectivity index (χ4n) is 6.50. The first-order chi connectivity index (χ1) is 14.9. The summed E-state index contributed by atoms with van der Waals surface area (Å²) < 4.78 is 0. The highest BCUT2D eigenvalue weighted by Gasteiger charge is 2.31. The van der Waals surface area contributed by atoms with E-state index in [9.17, 15) is 0 Å². The molecule has 1 N–H and O–H groups in total. The number of fused-ring (bicyclic) bond motifs is 1. The number of hydrogen-bond acceptors (Lipinski definition) is 4. The van der Waals surface area contributed by atoms with Gasteiger partial charge in [0.2, 0.25) is 0 Å². The van der Waals surface area contributed by atoms with Crippen LogP contribution in [0.3, 0.4) is 0 Å². The van der Waals surface area contributed by atoms with Gasteiger partial charge in [-0.15, -0.1) is 0 Å². The standard InChI is InChI=1S/C26H42N4/c1-2-8-24(9-3-1)29-17-19-30(20-18-29)26-10-6-7-22-21-23(11-12-25(22)26)27-13-16-28-14-4-5-15-28/h11-12,21,24,26-27H,1-10,13-20H2. The number of nitrogens with zero attached hydrogens (tertiary/aromatic N) is 3. The van der Waals surface area contributed by atoms with Crippen LogP contribution in [0.15, 0.2) is 18.2 Å². The second-order valence-corrected chi connectivity index (χ2v) is 10.2. The number of aryl methyl sites for hydroxylation is 1. The van der Waals surface area contributed by atoms with E-state index in [1.54, 1.807) is 11.1 Å². The Bertz CT molecular complexity index is 670. The molecule has 1 atom stereocenters. The van der Waals surface area contributed by atoms with Crippen molar-refractivity contribution in [1.29, 1.82) is 0 Å². The van der Waals surface area contributed by atoms with Crippen LogP contribution in [0.25, 0.3) is 0 Å². The van der Waals surface area contributed by atoms with Gasteiger partial charge in [0.25, 0.3) is 0 Å². The summed E-state index contributed by atoms with van der Waals surface area (Å²) in [6.45, 7) is 9.94. The van der Waals surface area contributed by atoms with E-state index in [1.807, 2.05) is 0 Å². The second kappa shape index (κ2) is 10.0. The normalized spacial score (nSPS) is 27.3. The molecular formula is C26H42N4. The van der Waals surface area contributed by atoms with Crippen molar-refractivity contribution in [1.82, 2.24) is 14.7 Å². The predicted molar refractivity (Wildman–Crippen MR) is 126 cm³/mol. The van der Waals surface area contributed by atoms with Crippen molar-refractivity contribution in [2.75, 3.05) is 57.7 Å². The van der Waals surface area contributed by atoms with Gasteiger partial charge in [-0.25, -0.2) is 0 Å². The average molecular weight is 411 g/mol. The fraction of sp³-hybridized carbons (Fsp3) is 0.769. The van der Waals surface area contributed by atoms with E-state index in [1.165, 1.54) is 116 Å². The Hall–Kier alpha value is -1.10. The topological polar surface area (TPSA) is 21.8 Å². The van der Waals surface area contributed by atoms with E-state index < -0.39 is 0 Å². The van der Waals surface area contributed by atoms with Gasteiger partial charge in [-0.1, -0.05) is 25.3 Å². The summed E-state index contributed by atoms with van der Waals surface area (Å²) in [7, 11) is 0. The molecule has 4 aliphatic rings. The molecule has 0 bridgehead atoms. The van der Waals surface area contributed by atoms with Crippen LogP contribution in [0.5, 0.6) is 0 Å². The number of rotatable bonds is 6. The van der Waals surface area contributed by atoms with Gasteiger partial charge in [0.15, 0.2) is 0 Å². The minimum atomic E-state index is 0.654. The molecule has 166 valence electrons. The van der Waals surface area contributed by atoms with Crippen LogP contribution in [0.4, 0.5) is 5.69 Å². The lowest BCUT2D eigenvalue weighted by molar-refractivity contribution is 0.0515. The Morgan fingerprint density at radius 2 is 1.53 bits per heavy atom. The molecule has 1 aromatic carbocycles. The minimum Gasteiger partial charge on any atom is -0.384 e. The fourth-order valence-corrected chi connectivity index (χ4v) is 6.50. The van der Waals surface area contributed by atoms with Crippen molar-refractivity contribution in [2.45, 2.75) is 76.3 Å². The van der Waals surface area contributed by atoms with Crippen LogP contribution >= 0.6 is 0 Å². The predicted octanol–water partition coefficient (Wildman–Crippen LogP) is 4.52. The first-order valence-corrected chi connectivity index (χ1v) is 12.9. The van der Waals surface area contributed by atoms with Crippen molar-refractivity contribution in [3.63, 3.8) is 0 Å². The number of nitrogens with one attached hydrogen (secondary N) is 1. The second-order valence-electron chi connectivity index (χ2n) is 10.2. The lowest BCUT2D eigenvalue weighted by Crippen LogP contribution is -2.51. The third-order valence-corrected chi connectivity index (χ3v) is 8.26. The lowest BCUT2D eigenvalue weighted by atomic mass is 9.86. The van der Waals surface area contributed by atoms with Gasteiger partial charge in [-0.05, 0) is 81.3 Å². The molecule has 4 heteroatoms. The molecule has 5 rings (SSSR count). The highest BCUT2D eigenvalue weighted by atomic mass is 15.3. The highest BCUT2D eigenvalue weighted by Crippen LogP contribution is 2.36. The average Bonchev–Trinajstić information content (AvgIpc) is 3.33. The quantitative estimate of drug-likeness (QED) is 0.744. The zero-order chi connectivity index (χ0) is 20.2. The Morgan fingerprint density at radius 1 is 0.767 bits per heavy atom. The van der Waals surface area contributed by atoms with Crippen LogP contribution in [-0.4, -0.2) is 73.1 Å². The van der Waals surface area contributed by atoms with Gasteiger partial charge in [-0.3, -0.25) is 9.80 Å². The smallest absolute Gasteiger partial charge is 0.0352 e. The molecule has 0 radical (unpaired) electrons. The van der Waals surface area contributed by atoms with Crippen molar-refractivity contribution >= 4 is 5.69 Å². The van der Waals surface area contributed by atoms with E-state index in [0.29, 0.717) is 6.04 Å². The van der Waals surface area contributed by atoms with Crippen LogP contribution in [0.1, 0.15) is 75.0 Å². The summed E-state index contributed by atoms with van der Waals surface area (Å²) in [6.07, 6.45) is 14.0. The number of anilines is 1. The maximum Gasteiger partial charge on any atom is 0.0352 e. The summed E-state index contributed by atoms with van der Waals surface area (Å²) in [5, 5.41) is 3.70. The number of piperazine rings is 1. The molecule has 4 nitrogen and oxygen atoms in total. The first-order valence-electron chi connectivity index (χ1n) is 12.9. The molecule has 2 heterocycles. The van der Waals surface area contributed by atoms with E-state index in [-0.39, 0.29) is 0 Å². The lowest BCUT2D eigenvalue weighted by Gasteiger charge is -2.44. The maximum atomic E-state index is 3.70. The molecule has 2 aliphatic heterocycles. The Kier molecular flexibility index (Phi) is 6.94. The zero-order valence-electron chi connectivity index (χ0n) is 19.0. The Morgan fingerprint density at radius 3 is 2.33 bits per heavy atom. The number of hydrogen-bond donors (Lipinski definition) is 1. The summed E-state index contributed by atoms with van der Waals surface area (Å²) in [5.74, 6) is 0. The van der Waals surface area contributed by atoms with Gasteiger partial charge < -0.3 is 10.2 Å². The summed E-state index contributed by atoms with van der Waals surface area (Å²) >= 11 is 0. The summed E-state index contributed by atoms with van der Waals surface area (Å²) in [4.78, 5) is 8.21. The molecule has 1 saturated carbocycles. The van der Waals surface area contributed by atoms with Crippen LogP contribution in [0, 0.1) is 0 Å². The van der Waals surface area contributed by atoms with Crippen molar-refractivity contribution in [3.8, 4) is 0 Å². The van der Waals surface area contributed by atoms with Gasteiger partial charge in [0.05, 0.1) is 0 Å². The Balaban J connectivity index is 1.16. The van der Waals surface area contributed by atoms with E-state index in [2.05, 4.69) is 38.2 Å². The third kappa shape index (κ3) is 4.87. The van der Waals surface area contributed by atoms with Crippen molar-refractivity contribution < 1.29 is 0 Å². The van der Waals surface area contributed by atoms with Crippen molar-refractivity contribution in [3.05, 3.63) is 29.3 Å². The van der Waals surface area contributed by atoms with Gasteiger partial charge in [-0.2, -0.15) is 0 Å². The molecule has 2 aliphatic carbocycles. The number of benzene rings is 1. The summed E-state index contributed by atoms with van der Waals surface area (Å²) in [5.41, 5.74) is 4.56. The van der Waals surface area contributed by atoms with Crippen LogP contribution in [0.2, 0.25) is 0 Å². The van der Waals surface area contributed by atoms with E-state index in [4.69, 9.17) is 0 Å². The molecule has 30 heavy (non-hydrogen) atoms. The van der Waals surface area contributed by atoms with Crippen LogP contribution < -0.4 is 5.32 Å². The molecule has 2 saturated heterocycles. The minimum absolute atomic E-state index is 0.654. The Labute approximate surface area is 184 Å². The monoisotopic (exact) mass is 410 g/mol. The molecular weight excluding hydrogens is 368 g/mol. The van der Waals surface area contributed by atoms with E-state index in [0.717, 1.165) is 12.6 Å². The first kappa shape index (κ1) is 20.8. The number of likely N-dealkylation sites (tertiary alicyclic amines) is 1. The van der Waals surface area contributed by atoms with Gasteiger partial charge in [0, 0.05) is 57.0 Å². The zero-order valence-corrected chi connectivity index (χ0v) is 19.0. The molecule has 3 fully saturated rings.